The van der Waals surface area contributed by atoms with Crippen molar-refractivity contribution in [1.29, 1.82) is 0 Å². The normalized spacial score (nSPS) is 9.92. The third-order valence-electron chi connectivity index (χ3n) is 1.09. The second-order valence-electron chi connectivity index (χ2n) is 2.20. The molecule has 0 saturated carbocycles. The van der Waals surface area contributed by atoms with Gasteiger partial charge >= 0.3 is 5.97 Å². The lowest BCUT2D eigenvalue weighted by Crippen LogP contribution is -2.09. The molecule has 4 nitrogen and oxygen atoms in total. The van der Waals surface area contributed by atoms with E-state index >= 15 is 0 Å². The van der Waals surface area contributed by atoms with Crippen LogP contribution in [0.1, 0.15) is 6.42 Å². The standard InChI is InChI=1S/C9H12O4/c1-2-6-13-9(12)7-8(11)4-3-5-10/h2-4,10H,1,5-7H2/b4-3+. The summed E-state index contributed by atoms with van der Waals surface area (Å²) < 4.78 is 4.57. The molecule has 0 rings (SSSR count). The molecule has 0 amide bonds. The predicted octanol–water partition coefficient (Wildman–Crippen LogP) is 0.223. The van der Waals surface area contributed by atoms with Crippen molar-refractivity contribution < 1.29 is 19.4 Å². The van der Waals surface area contributed by atoms with E-state index in [4.69, 9.17) is 5.11 Å². The van der Waals surface area contributed by atoms with Crippen LogP contribution in [0, 0.1) is 0 Å². The summed E-state index contributed by atoms with van der Waals surface area (Å²) >= 11 is 0. The number of hydrogen-bond acceptors (Lipinski definition) is 4. The van der Waals surface area contributed by atoms with Crippen molar-refractivity contribution in [3.63, 3.8) is 0 Å². The van der Waals surface area contributed by atoms with E-state index in [9.17, 15) is 9.59 Å². The van der Waals surface area contributed by atoms with Gasteiger partial charge in [0, 0.05) is 0 Å². The summed E-state index contributed by atoms with van der Waals surface area (Å²) in [6.07, 6.45) is 3.54. The molecule has 0 aromatic carbocycles. The van der Waals surface area contributed by atoms with E-state index in [0.29, 0.717) is 0 Å². The Labute approximate surface area is 76.5 Å². The minimum atomic E-state index is -0.590. The van der Waals surface area contributed by atoms with E-state index in [1.807, 2.05) is 0 Å². The fourth-order valence-corrected chi connectivity index (χ4v) is 0.588. The van der Waals surface area contributed by atoms with Crippen LogP contribution < -0.4 is 0 Å². The Kier molecular flexibility index (Phi) is 6.45. The molecule has 0 aliphatic heterocycles. The van der Waals surface area contributed by atoms with E-state index < -0.39 is 5.97 Å². The van der Waals surface area contributed by atoms with Crippen LogP contribution in [-0.2, 0) is 14.3 Å². The molecule has 0 aliphatic carbocycles. The number of ether oxygens (including phenoxy) is 1. The van der Waals surface area contributed by atoms with Gasteiger partial charge in [0.2, 0.25) is 0 Å². The van der Waals surface area contributed by atoms with Crippen LogP contribution in [0.4, 0.5) is 0 Å². The van der Waals surface area contributed by atoms with Crippen LogP contribution in [0.2, 0.25) is 0 Å². The van der Waals surface area contributed by atoms with E-state index in [1.165, 1.54) is 12.2 Å². The highest BCUT2D eigenvalue weighted by Gasteiger charge is 2.06. The molecule has 0 atom stereocenters. The van der Waals surface area contributed by atoms with Crippen LogP contribution >= 0.6 is 0 Å². The van der Waals surface area contributed by atoms with Gasteiger partial charge in [-0.05, 0) is 6.08 Å². The van der Waals surface area contributed by atoms with Crippen LogP contribution in [0.3, 0.4) is 0 Å². The summed E-state index contributed by atoms with van der Waals surface area (Å²) in [7, 11) is 0. The third-order valence-corrected chi connectivity index (χ3v) is 1.09. The Morgan fingerprint density at radius 3 is 2.69 bits per heavy atom. The highest BCUT2D eigenvalue weighted by molar-refractivity contribution is 6.01. The highest BCUT2D eigenvalue weighted by Crippen LogP contribution is 1.90. The second kappa shape index (κ2) is 7.24. The number of esters is 1. The zero-order chi connectivity index (χ0) is 10.1. The fourth-order valence-electron chi connectivity index (χ4n) is 0.588. The van der Waals surface area contributed by atoms with Gasteiger partial charge in [-0.25, -0.2) is 0 Å². The first-order valence-electron chi connectivity index (χ1n) is 3.77. The van der Waals surface area contributed by atoms with E-state index in [0.717, 1.165) is 6.08 Å². The maximum Gasteiger partial charge on any atom is 0.313 e. The summed E-state index contributed by atoms with van der Waals surface area (Å²) in [5, 5.41) is 8.32. The topological polar surface area (TPSA) is 63.6 Å². The van der Waals surface area contributed by atoms with Crippen LogP contribution in [0.25, 0.3) is 0 Å². The molecule has 0 aromatic rings. The molecule has 0 aliphatic rings. The number of hydrogen-bond donors (Lipinski definition) is 1. The second-order valence-corrected chi connectivity index (χ2v) is 2.20. The molecule has 13 heavy (non-hydrogen) atoms. The Morgan fingerprint density at radius 1 is 1.46 bits per heavy atom. The molecule has 0 spiro atoms. The molecule has 0 bridgehead atoms. The van der Waals surface area contributed by atoms with Gasteiger partial charge in [-0.3, -0.25) is 9.59 Å². The Morgan fingerprint density at radius 2 is 2.15 bits per heavy atom. The maximum atomic E-state index is 10.9. The minimum absolute atomic E-state index is 0.107. The number of carbonyl (C=O) groups excluding carboxylic acids is 2. The molecule has 1 N–H and O–H groups in total. The van der Waals surface area contributed by atoms with Gasteiger partial charge in [-0.1, -0.05) is 18.7 Å². The minimum Gasteiger partial charge on any atom is -0.461 e. The van der Waals surface area contributed by atoms with Crippen LogP contribution in [0.5, 0.6) is 0 Å². The number of aliphatic hydroxyl groups is 1. The van der Waals surface area contributed by atoms with Gasteiger partial charge < -0.3 is 9.84 Å². The Balaban J connectivity index is 3.71. The van der Waals surface area contributed by atoms with Crippen LogP contribution in [0.15, 0.2) is 24.8 Å². The zero-order valence-corrected chi connectivity index (χ0v) is 7.23. The number of aliphatic hydroxyl groups excluding tert-OH is 1. The van der Waals surface area contributed by atoms with Crippen molar-refractivity contribution in [2.45, 2.75) is 6.42 Å². The van der Waals surface area contributed by atoms with Crippen molar-refractivity contribution in [1.82, 2.24) is 0 Å². The molecule has 0 saturated heterocycles. The van der Waals surface area contributed by atoms with E-state index in [-0.39, 0.29) is 25.4 Å². The molecule has 0 aromatic heterocycles. The van der Waals surface area contributed by atoms with Crippen molar-refractivity contribution in [2.75, 3.05) is 13.2 Å². The first kappa shape index (κ1) is 11.6. The van der Waals surface area contributed by atoms with Crippen molar-refractivity contribution >= 4 is 11.8 Å². The quantitative estimate of drug-likeness (QED) is 0.277. The molecular weight excluding hydrogens is 172 g/mol. The molecule has 72 valence electrons. The summed E-state index contributed by atoms with van der Waals surface area (Å²) in [6, 6.07) is 0. The summed E-state index contributed by atoms with van der Waals surface area (Å²) in [5.41, 5.74) is 0. The molecule has 0 heterocycles. The number of allylic oxidation sites excluding steroid dienone is 1. The zero-order valence-electron chi connectivity index (χ0n) is 7.23. The molecule has 4 heteroatoms. The predicted molar refractivity (Wildman–Crippen MR) is 47.0 cm³/mol. The van der Waals surface area contributed by atoms with Crippen molar-refractivity contribution in [3.05, 3.63) is 24.8 Å². The first-order valence-corrected chi connectivity index (χ1v) is 3.77. The average Bonchev–Trinajstić information content (AvgIpc) is 2.11. The highest BCUT2D eigenvalue weighted by atomic mass is 16.5. The monoisotopic (exact) mass is 184 g/mol. The fraction of sp³-hybridized carbons (Fsp3) is 0.333. The molecule has 0 unspecified atom stereocenters. The van der Waals surface area contributed by atoms with Gasteiger partial charge in [-0.2, -0.15) is 0 Å². The maximum absolute atomic E-state index is 10.9. The molecule has 0 radical (unpaired) electrons. The largest absolute Gasteiger partial charge is 0.461 e. The van der Waals surface area contributed by atoms with Gasteiger partial charge in [0.1, 0.15) is 13.0 Å². The van der Waals surface area contributed by atoms with Crippen LogP contribution in [-0.4, -0.2) is 30.1 Å². The van der Waals surface area contributed by atoms with Gasteiger partial charge in [0.05, 0.1) is 6.61 Å². The SMILES string of the molecule is C=CCOC(=O)CC(=O)/C=C/CO. The van der Waals surface area contributed by atoms with E-state index in [2.05, 4.69) is 11.3 Å². The number of ketones is 1. The number of carbonyl (C=O) groups is 2. The lowest BCUT2D eigenvalue weighted by molar-refractivity contribution is -0.144. The lowest BCUT2D eigenvalue weighted by Gasteiger charge is -1.97. The van der Waals surface area contributed by atoms with E-state index in [1.54, 1.807) is 0 Å². The molecular formula is C9H12O4. The first-order chi connectivity index (χ1) is 6.20. The van der Waals surface area contributed by atoms with Crippen molar-refractivity contribution in [2.24, 2.45) is 0 Å². The Bertz CT molecular complexity index is 218. The summed E-state index contributed by atoms with van der Waals surface area (Å²) in [5.74, 6) is -0.976. The smallest absolute Gasteiger partial charge is 0.313 e. The average molecular weight is 184 g/mol. The third kappa shape index (κ3) is 6.96. The Hall–Kier alpha value is -1.42. The number of rotatable bonds is 6. The summed E-state index contributed by atoms with van der Waals surface area (Å²) in [6.45, 7) is 3.24. The van der Waals surface area contributed by atoms with Gasteiger partial charge in [0.25, 0.3) is 0 Å². The van der Waals surface area contributed by atoms with Gasteiger partial charge in [-0.15, -0.1) is 0 Å². The lowest BCUT2D eigenvalue weighted by atomic mass is 10.2. The molecule has 0 fully saturated rings. The van der Waals surface area contributed by atoms with Gasteiger partial charge in [0.15, 0.2) is 5.78 Å². The van der Waals surface area contributed by atoms with Crippen molar-refractivity contribution in [3.8, 4) is 0 Å². The summed E-state index contributed by atoms with van der Waals surface area (Å²) in [4.78, 5) is 21.6.